The monoisotopic (exact) mass is 2130 g/mol. The highest BCUT2D eigenvalue weighted by Gasteiger charge is 2.66. The van der Waals surface area contributed by atoms with Crippen LogP contribution >= 0.6 is 80.4 Å². The second-order valence-electron chi connectivity index (χ2n) is 32.1. The fourth-order valence-electron chi connectivity index (χ4n) is 13.5. The number of nitrogens with two attached hydrogens (primary N) is 1. The number of halogens is 8. The molecular formula is C89H108Cl4F4N13O25P5. The van der Waals surface area contributed by atoms with Crippen LogP contribution in [0.3, 0.4) is 0 Å². The number of esters is 3. The minimum absolute atomic E-state index is 0.0166. The van der Waals surface area contributed by atoms with E-state index in [0.29, 0.717) is 11.5 Å². The van der Waals surface area contributed by atoms with Crippen LogP contribution in [0.2, 0.25) is 0 Å². The van der Waals surface area contributed by atoms with Gasteiger partial charge < -0.3 is 81.9 Å². The van der Waals surface area contributed by atoms with Gasteiger partial charge in [-0.1, -0.05) is 153 Å². The van der Waals surface area contributed by atoms with Crippen molar-refractivity contribution in [1.29, 1.82) is 0 Å². The molecule has 6 heterocycles. The third-order valence-electron chi connectivity index (χ3n) is 20.0. The zero-order valence-electron chi connectivity index (χ0n) is 78.1. The van der Waals surface area contributed by atoms with Crippen LogP contribution in [0, 0.1) is 5.92 Å². The molecule has 760 valence electrons. The maximum Gasteiger partial charge on any atom is 0.474 e. The largest absolute Gasteiger partial charge is 0.497 e. The standard InChI is InChI=1S/C46H51F2N6O8P.C25H33F2N6O8P.C12H17ClNO4P.C6H6ClO3P.Cl2HO2P/c1-8-58-40-38-39(50-43(51-40)52-46(33-18-12-9-13-19-33,34-20-14-10-15-21-34)35-24-26-36(57-7)27-25-35)54(29-49-38)42-44(6,47)32(5)45(48,61-42)28-59-63(56,62-37-22-16-11-17-23-37)53-31(4)41(55)60-30(2)3;1-6-37-19-17-18(30-23(28)31-19)33(13-29-17)22-24(5,26)21(35)25(27,40-22)12-38-42(36,41-16-10-8-7-9-11-16)32-15(4)20(34)39-14(2)3;1-9(2)17-12(15)10(3)14-19(13,16)18-11-7-5-4-6-8-11;7-11(8,9)10-6-4-2-1-3-5-6;1-5(2,3)4/h9-27,29-32,42H,8,28H2,1-7H3,(H,53,56)(H,50,51,52);7-11,13-15,21-22,35H,6,12H2,1-5H3,(H,32,36)(H2,28,30,31);4-10H,1-3H3,(H,14,16);1-5H,(H,8,9);(H,3,4)/t31-,32-,42+,44+,45+,63?;15-,21-,22+,24+,25+,42?;10-,19?;;/m000../s1. The number of fused-ring (bicyclic) bond motifs is 2. The van der Waals surface area contributed by atoms with E-state index in [-0.39, 0.29) is 82.6 Å². The zero-order chi connectivity index (χ0) is 103. The lowest BCUT2D eigenvalue weighted by Gasteiger charge is -2.37. The molecular weight excluding hydrogens is 2020 g/mol. The van der Waals surface area contributed by atoms with Gasteiger partial charge in [0.15, 0.2) is 52.2 Å². The summed E-state index contributed by atoms with van der Waals surface area (Å²) in [5.74, 6) is -8.32. The summed E-state index contributed by atoms with van der Waals surface area (Å²) in [7, 11) is -7.54. The molecule has 4 unspecified atom stereocenters. The maximum absolute atomic E-state index is 17.3. The van der Waals surface area contributed by atoms with E-state index in [9.17, 15) is 42.3 Å². The first-order valence-electron chi connectivity index (χ1n) is 43.0. The van der Waals surface area contributed by atoms with E-state index in [0.717, 1.165) is 34.5 Å². The van der Waals surface area contributed by atoms with Gasteiger partial charge in [-0.05, 0) is 190 Å². The molecule has 140 heavy (non-hydrogen) atoms. The lowest BCUT2D eigenvalue weighted by Crippen LogP contribution is -2.47. The Hall–Kier alpha value is -10.1. The van der Waals surface area contributed by atoms with Gasteiger partial charge in [0.1, 0.15) is 65.6 Å². The van der Waals surface area contributed by atoms with Crippen LogP contribution < -0.4 is 58.6 Å². The smallest absolute Gasteiger partial charge is 0.474 e. The summed E-state index contributed by atoms with van der Waals surface area (Å²) in [6.07, 6.45) is -8.47. The fourth-order valence-corrected chi connectivity index (χ4v) is 18.9. The van der Waals surface area contributed by atoms with E-state index in [2.05, 4.69) is 67.5 Å². The lowest BCUT2D eigenvalue weighted by molar-refractivity contribution is -0.202. The molecule has 51 heteroatoms. The number of hydrogen-bond donors (Lipinski definition) is 8. The molecule has 2 saturated heterocycles. The van der Waals surface area contributed by atoms with Gasteiger partial charge in [0.2, 0.25) is 29.5 Å². The number of aromatic nitrogens is 8. The second-order valence-corrected chi connectivity index (χ2v) is 44.7. The van der Waals surface area contributed by atoms with E-state index in [1.165, 1.54) is 69.8 Å². The van der Waals surface area contributed by atoms with Gasteiger partial charge in [0, 0.05) is 22.5 Å². The number of aliphatic hydroxyl groups excluding tert-OH is 1. The summed E-state index contributed by atoms with van der Waals surface area (Å²) < 4.78 is 204. The van der Waals surface area contributed by atoms with Crippen molar-refractivity contribution in [2.45, 2.75) is 181 Å². The number of benzene rings is 7. The maximum atomic E-state index is 17.3. The first-order valence-corrected chi connectivity index (χ1v) is 54.6. The van der Waals surface area contributed by atoms with Crippen LogP contribution in [0.25, 0.3) is 22.3 Å². The van der Waals surface area contributed by atoms with Crippen molar-refractivity contribution < 1.29 is 135 Å². The summed E-state index contributed by atoms with van der Waals surface area (Å²) in [5, 5.41) is 21.7. The molecule has 2 aliphatic rings. The van der Waals surface area contributed by atoms with Crippen molar-refractivity contribution in [1.82, 2.24) is 54.3 Å². The van der Waals surface area contributed by atoms with Crippen molar-refractivity contribution >= 4 is 132 Å². The number of imidazole rings is 2. The van der Waals surface area contributed by atoms with Crippen molar-refractivity contribution in [3.8, 4) is 40.5 Å². The quantitative estimate of drug-likeness (QED) is 0.00586. The highest BCUT2D eigenvalue weighted by atomic mass is 35.9. The number of carbonyl (C=O) groups excluding carboxylic acids is 3. The Bertz CT molecular complexity index is 6120. The Morgan fingerprint density at radius 1 is 0.486 bits per heavy atom. The summed E-state index contributed by atoms with van der Waals surface area (Å²) in [5.41, 5.74) is 2.23. The molecule has 9 N–H and O–H groups in total. The van der Waals surface area contributed by atoms with Gasteiger partial charge in [0.25, 0.3) is 5.85 Å². The highest BCUT2D eigenvalue weighted by molar-refractivity contribution is 8.04. The van der Waals surface area contributed by atoms with Crippen LogP contribution in [-0.4, -0.2) is 171 Å². The predicted molar refractivity (Wildman–Crippen MR) is 516 cm³/mol. The average Bonchev–Trinajstić information content (AvgIpc) is 1.64. The van der Waals surface area contributed by atoms with Gasteiger partial charge in [-0.3, -0.25) is 37.1 Å². The van der Waals surface area contributed by atoms with E-state index < -0.39 is 150 Å². The molecule has 2 fully saturated rings. The fraction of sp³-hybridized carbons (Fsp3) is 0.382. The predicted octanol–water partition coefficient (Wildman–Crippen LogP) is 19.9. The molecule has 7 aromatic carbocycles. The molecule has 11 aromatic rings. The van der Waals surface area contributed by atoms with Crippen LogP contribution in [0.4, 0.5) is 29.5 Å². The van der Waals surface area contributed by atoms with E-state index in [1.54, 1.807) is 160 Å². The number of anilines is 2. The molecule has 0 radical (unpaired) electrons. The minimum Gasteiger partial charge on any atom is -0.497 e. The molecule has 2 aliphatic heterocycles. The van der Waals surface area contributed by atoms with Gasteiger partial charge in [-0.15, -0.1) is 0 Å². The van der Waals surface area contributed by atoms with Gasteiger partial charge in [0.05, 0.1) is 57.2 Å². The molecule has 0 spiro atoms. The number of rotatable bonds is 38. The first kappa shape index (κ1) is 113. The van der Waals surface area contributed by atoms with E-state index in [4.69, 9.17) is 108 Å². The number of nitrogens with one attached hydrogen (secondary N) is 4. The van der Waals surface area contributed by atoms with E-state index >= 15 is 17.6 Å². The molecule has 0 amide bonds. The molecule has 13 rings (SSSR count). The average molecular weight is 2130 g/mol. The first-order chi connectivity index (χ1) is 65.7. The Balaban J connectivity index is 0.000000241. The van der Waals surface area contributed by atoms with Gasteiger partial charge in [-0.25, -0.2) is 50.9 Å². The van der Waals surface area contributed by atoms with Crippen molar-refractivity contribution in [3.63, 3.8) is 0 Å². The zero-order valence-corrected chi connectivity index (χ0v) is 85.6. The number of aliphatic hydroxyl groups is 1. The Morgan fingerprint density at radius 2 is 0.829 bits per heavy atom. The number of carbonyl (C=O) groups is 3. The van der Waals surface area contributed by atoms with E-state index in [1.807, 2.05) is 84.9 Å². The van der Waals surface area contributed by atoms with Crippen molar-refractivity contribution in [3.05, 3.63) is 236 Å². The number of ether oxygens (including phenoxy) is 8. The summed E-state index contributed by atoms with van der Waals surface area (Å²) in [6.45, 7) is 11.7. The summed E-state index contributed by atoms with van der Waals surface area (Å²) >= 11 is 19.5. The second kappa shape index (κ2) is 49.2. The normalized spacial score (nSPS) is 21.3. The van der Waals surface area contributed by atoms with Crippen LogP contribution in [-0.2, 0) is 75.5 Å². The summed E-state index contributed by atoms with van der Waals surface area (Å²) in [6, 6.07) is 56.3. The van der Waals surface area contributed by atoms with Crippen LogP contribution in [0.5, 0.6) is 40.5 Å². The third kappa shape index (κ3) is 31.4. The number of nitrogen functional groups attached to an aromatic ring is 1. The molecule has 0 aliphatic carbocycles. The topological polar surface area (TPSA) is 488 Å². The highest BCUT2D eigenvalue weighted by Crippen LogP contribution is 2.58. The molecule has 0 saturated carbocycles. The van der Waals surface area contributed by atoms with Gasteiger partial charge >= 0.3 is 53.3 Å². The molecule has 4 aromatic heterocycles. The van der Waals surface area contributed by atoms with Crippen molar-refractivity contribution in [2.24, 2.45) is 5.92 Å². The van der Waals surface area contributed by atoms with Crippen LogP contribution in [0.15, 0.2) is 219 Å². The molecule has 15 atom stereocenters. The van der Waals surface area contributed by atoms with Gasteiger partial charge in [-0.2, -0.15) is 30.1 Å². The Morgan fingerprint density at radius 3 is 1.21 bits per heavy atom. The Labute approximate surface area is 823 Å². The number of methoxy groups -OCH3 is 1. The number of alkyl halides is 4. The summed E-state index contributed by atoms with van der Waals surface area (Å²) in [4.78, 5) is 79.2. The minimum atomic E-state index is -4.58. The number of para-hydroxylation sites is 4. The Kier molecular flexibility index (Phi) is 39.9. The number of nitrogens with zero attached hydrogens (tertiary/aromatic N) is 8. The van der Waals surface area contributed by atoms with Crippen LogP contribution in [0.1, 0.15) is 126 Å². The third-order valence-corrected chi connectivity index (χ3v) is 25.5. The lowest BCUT2D eigenvalue weighted by atomic mass is 9.77. The number of hydrogen-bond acceptors (Lipinski definition) is 31. The molecule has 38 nitrogen and oxygen atoms in total. The SMILES string of the molecule is CC(C)OC(=O)[C@H](C)NP(=O)(Cl)Oc1ccccc1.CCOc1nc(N)nc2c1ncn2[C@@H]1O[C@](F)(COP(=O)(N[C@@H](C)C(=O)OC(C)C)Oc2ccccc2)[C@@H](O)[C@@]1(C)F.CCOc1nc(NC(c2ccccc2)(c2ccccc2)c2ccc(OC)cc2)nc2c1ncn2[C@@H]1O[C@](F)(COP(=O)(N[C@@H](C)C(=O)OC(C)C)Oc2ccccc2)[C@@H](C)[C@@]1(C)F.O=P(O)(Cl)Cl.O=P(O)(Cl)Oc1ccccc1. The molecule has 0 bridgehead atoms. The van der Waals surface area contributed by atoms with Crippen molar-refractivity contribution in [2.75, 3.05) is 44.6 Å².